The Kier molecular flexibility index (Phi) is 2.93. The zero-order valence-corrected chi connectivity index (χ0v) is 10.4. The lowest BCUT2D eigenvalue weighted by molar-refractivity contribution is -0.0106. The molecule has 18 heavy (non-hydrogen) atoms. The number of aromatic nitrogens is 1. The number of hydrogen-bond donors (Lipinski definition) is 1. The third-order valence-corrected chi connectivity index (χ3v) is 3.25. The number of anilines is 1. The van der Waals surface area contributed by atoms with Crippen LogP contribution in [-0.2, 0) is 4.74 Å². The second kappa shape index (κ2) is 4.59. The van der Waals surface area contributed by atoms with Gasteiger partial charge in [-0.2, -0.15) is 0 Å². The summed E-state index contributed by atoms with van der Waals surface area (Å²) in [5.41, 5.74) is 6.57. The van der Waals surface area contributed by atoms with Crippen LogP contribution < -0.4 is 10.6 Å². The molecule has 0 bridgehead atoms. The minimum Gasteiger partial charge on any atom is -0.464 e. The zero-order chi connectivity index (χ0) is 12.5. The fraction of sp³-hybridized carbons (Fsp3) is 0.462. The van der Waals surface area contributed by atoms with Gasteiger partial charge in [0, 0.05) is 25.8 Å². The average Bonchev–Trinajstić information content (AvgIpc) is 2.85. The highest BCUT2D eigenvalue weighted by atomic mass is 16.5. The maximum Gasteiger partial charge on any atom is 0.139 e. The zero-order valence-electron chi connectivity index (χ0n) is 10.4. The number of hydrogen-bond acceptors (Lipinski definition) is 5. The van der Waals surface area contributed by atoms with Crippen LogP contribution in [0.3, 0.4) is 0 Å². The van der Waals surface area contributed by atoms with Gasteiger partial charge >= 0.3 is 0 Å². The number of pyridine rings is 1. The highest BCUT2D eigenvalue weighted by Gasteiger charge is 2.26. The molecule has 1 aliphatic heterocycles. The number of ether oxygens (including phenoxy) is 1. The molecule has 2 atom stereocenters. The lowest BCUT2D eigenvalue weighted by Gasteiger charge is -2.37. The van der Waals surface area contributed by atoms with E-state index in [0.717, 1.165) is 29.9 Å². The molecule has 1 saturated heterocycles. The Hall–Kier alpha value is -1.59. The van der Waals surface area contributed by atoms with E-state index in [1.165, 1.54) is 0 Å². The molecule has 0 aliphatic carbocycles. The third-order valence-electron chi connectivity index (χ3n) is 3.25. The minimum atomic E-state index is 0.0673. The normalized spacial score (nSPS) is 24.7. The standard InChI is InChI=1S/C13H17N3O2/c1-9-7-16(8-10(6-14)18-9)13-11-3-5-17-12(11)2-4-15-13/h2-5,9-10H,6-8,14H2,1H3. The first-order valence-corrected chi connectivity index (χ1v) is 6.20. The van der Waals surface area contributed by atoms with E-state index in [0.29, 0.717) is 6.54 Å². The van der Waals surface area contributed by atoms with Crippen LogP contribution in [0.5, 0.6) is 0 Å². The van der Waals surface area contributed by atoms with E-state index in [1.54, 1.807) is 12.5 Å². The van der Waals surface area contributed by atoms with E-state index in [2.05, 4.69) is 16.8 Å². The van der Waals surface area contributed by atoms with Crippen molar-refractivity contribution >= 4 is 16.8 Å². The van der Waals surface area contributed by atoms with Gasteiger partial charge in [0.15, 0.2) is 0 Å². The van der Waals surface area contributed by atoms with Crippen molar-refractivity contribution in [1.29, 1.82) is 0 Å². The topological polar surface area (TPSA) is 64.5 Å². The van der Waals surface area contributed by atoms with Gasteiger partial charge in [-0.1, -0.05) is 0 Å². The fourth-order valence-corrected chi connectivity index (χ4v) is 2.48. The molecule has 1 aliphatic rings. The summed E-state index contributed by atoms with van der Waals surface area (Å²) >= 11 is 0. The van der Waals surface area contributed by atoms with Crippen molar-refractivity contribution < 1.29 is 9.15 Å². The van der Waals surface area contributed by atoms with E-state index in [-0.39, 0.29) is 12.2 Å². The van der Waals surface area contributed by atoms with Gasteiger partial charge in [0.05, 0.1) is 23.9 Å². The van der Waals surface area contributed by atoms with Crippen molar-refractivity contribution in [2.75, 3.05) is 24.5 Å². The van der Waals surface area contributed by atoms with Crippen molar-refractivity contribution in [1.82, 2.24) is 4.98 Å². The van der Waals surface area contributed by atoms with Gasteiger partial charge in [-0.3, -0.25) is 0 Å². The number of rotatable bonds is 2. The molecule has 5 heteroatoms. The number of nitrogens with zero attached hydrogens (tertiary/aromatic N) is 2. The van der Waals surface area contributed by atoms with Crippen molar-refractivity contribution in [2.24, 2.45) is 5.73 Å². The minimum absolute atomic E-state index is 0.0673. The maximum atomic E-state index is 5.76. The molecule has 0 aromatic carbocycles. The van der Waals surface area contributed by atoms with Crippen molar-refractivity contribution in [3.63, 3.8) is 0 Å². The summed E-state index contributed by atoms with van der Waals surface area (Å²) in [5.74, 6) is 0.954. The van der Waals surface area contributed by atoms with Crippen LogP contribution in [0.2, 0.25) is 0 Å². The first-order chi connectivity index (χ1) is 8.78. The SMILES string of the molecule is CC1CN(c2nccc3occc23)CC(CN)O1. The summed E-state index contributed by atoms with van der Waals surface area (Å²) in [4.78, 5) is 6.70. The van der Waals surface area contributed by atoms with E-state index in [1.807, 2.05) is 12.1 Å². The first-order valence-electron chi connectivity index (χ1n) is 6.20. The molecule has 3 heterocycles. The number of nitrogens with two attached hydrogens (primary N) is 1. The maximum absolute atomic E-state index is 5.76. The number of morpholine rings is 1. The van der Waals surface area contributed by atoms with Gasteiger partial charge in [0.25, 0.3) is 0 Å². The van der Waals surface area contributed by atoms with Crippen molar-refractivity contribution in [2.45, 2.75) is 19.1 Å². The summed E-state index contributed by atoms with van der Waals surface area (Å²) in [6, 6.07) is 3.83. The van der Waals surface area contributed by atoms with Crippen LogP contribution in [0.4, 0.5) is 5.82 Å². The summed E-state index contributed by atoms with van der Waals surface area (Å²) in [7, 11) is 0. The molecule has 2 aromatic rings. The molecule has 0 amide bonds. The monoisotopic (exact) mass is 247 g/mol. The van der Waals surface area contributed by atoms with Crippen LogP contribution in [0, 0.1) is 0 Å². The summed E-state index contributed by atoms with van der Waals surface area (Å²) in [6.07, 6.45) is 3.70. The van der Waals surface area contributed by atoms with E-state index in [4.69, 9.17) is 14.9 Å². The predicted molar refractivity (Wildman–Crippen MR) is 69.6 cm³/mol. The highest BCUT2D eigenvalue weighted by Crippen LogP contribution is 2.27. The van der Waals surface area contributed by atoms with E-state index < -0.39 is 0 Å². The van der Waals surface area contributed by atoms with Crippen LogP contribution in [-0.4, -0.2) is 36.8 Å². The molecular weight excluding hydrogens is 230 g/mol. The average molecular weight is 247 g/mol. The lowest BCUT2D eigenvalue weighted by Crippen LogP contribution is -2.49. The molecule has 5 nitrogen and oxygen atoms in total. The molecule has 0 radical (unpaired) electrons. The third kappa shape index (κ3) is 1.95. The summed E-state index contributed by atoms with van der Waals surface area (Å²) in [6.45, 7) is 4.19. The molecule has 2 N–H and O–H groups in total. The molecule has 0 saturated carbocycles. The van der Waals surface area contributed by atoms with E-state index in [9.17, 15) is 0 Å². The highest BCUT2D eigenvalue weighted by molar-refractivity contribution is 5.88. The largest absolute Gasteiger partial charge is 0.464 e. The molecule has 2 unspecified atom stereocenters. The van der Waals surface area contributed by atoms with Crippen molar-refractivity contribution in [3.8, 4) is 0 Å². The molecule has 1 fully saturated rings. The van der Waals surface area contributed by atoms with Gasteiger partial charge < -0.3 is 19.8 Å². The number of furan rings is 1. The van der Waals surface area contributed by atoms with Crippen molar-refractivity contribution in [3.05, 3.63) is 24.6 Å². The lowest BCUT2D eigenvalue weighted by atomic mass is 10.2. The Bertz CT molecular complexity index is 540. The second-order valence-electron chi connectivity index (χ2n) is 4.68. The Morgan fingerprint density at radius 3 is 3.17 bits per heavy atom. The van der Waals surface area contributed by atoms with Crippen LogP contribution in [0.25, 0.3) is 11.0 Å². The fourth-order valence-electron chi connectivity index (χ4n) is 2.48. The van der Waals surface area contributed by atoms with Crippen LogP contribution in [0.15, 0.2) is 29.0 Å². The molecule has 2 aromatic heterocycles. The Morgan fingerprint density at radius 2 is 2.33 bits per heavy atom. The Balaban J connectivity index is 1.96. The van der Waals surface area contributed by atoms with Gasteiger partial charge in [-0.25, -0.2) is 4.98 Å². The van der Waals surface area contributed by atoms with Gasteiger partial charge in [-0.05, 0) is 19.1 Å². The Morgan fingerprint density at radius 1 is 1.44 bits per heavy atom. The molecular formula is C13H17N3O2. The second-order valence-corrected chi connectivity index (χ2v) is 4.68. The molecule has 3 rings (SSSR count). The van der Waals surface area contributed by atoms with Gasteiger partial charge in [0.2, 0.25) is 0 Å². The van der Waals surface area contributed by atoms with Gasteiger partial charge in [-0.15, -0.1) is 0 Å². The Labute approximate surface area is 106 Å². The molecule has 96 valence electrons. The quantitative estimate of drug-likeness (QED) is 0.868. The first kappa shape index (κ1) is 11.5. The van der Waals surface area contributed by atoms with Gasteiger partial charge in [0.1, 0.15) is 11.4 Å². The number of fused-ring (bicyclic) bond motifs is 1. The smallest absolute Gasteiger partial charge is 0.139 e. The van der Waals surface area contributed by atoms with E-state index >= 15 is 0 Å². The summed E-state index contributed by atoms with van der Waals surface area (Å²) < 4.78 is 11.2. The predicted octanol–water partition coefficient (Wildman–Crippen LogP) is 1.38. The summed E-state index contributed by atoms with van der Waals surface area (Å²) in [5, 5.41) is 1.04. The van der Waals surface area contributed by atoms with Crippen LogP contribution in [0.1, 0.15) is 6.92 Å². The van der Waals surface area contributed by atoms with Crippen LogP contribution >= 0.6 is 0 Å². The molecule has 0 spiro atoms.